The first-order valence-electron chi connectivity index (χ1n) is 6.24. The fraction of sp³-hybridized carbons (Fsp3) is 0.429. The highest BCUT2D eigenvalue weighted by atomic mass is 32.2. The number of nitrogens with zero attached hydrogens (tertiary/aromatic N) is 1. The van der Waals surface area contributed by atoms with Crippen LogP contribution in [0.2, 0.25) is 0 Å². The van der Waals surface area contributed by atoms with Gasteiger partial charge in [0, 0.05) is 25.6 Å². The van der Waals surface area contributed by atoms with Crippen molar-refractivity contribution >= 4 is 21.6 Å². The van der Waals surface area contributed by atoms with Gasteiger partial charge in [0.25, 0.3) is 0 Å². The maximum atomic E-state index is 11.9. The maximum absolute atomic E-state index is 11.9. The summed E-state index contributed by atoms with van der Waals surface area (Å²) in [6, 6.07) is 5.63. The number of hydrogen-bond donors (Lipinski definition) is 0. The molecule has 0 atom stereocenters. The summed E-state index contributed by atoms with van der Waals surface area (Å²) < 4.78 is 24.8. The molecule has 0 aliphatic heterocycles. The van der Waals surface area contributed by atoms with Crippen LogP contribution in [-0.4, -0.2) is 38.4 Å². The van der Waals surface area contributed by atoms with Crippen molar-refractivity contribution in [2.75, 3.05) is 14.1 Å². The molecule has 0 spiro atoms. The third-order valence-corrected chi connectivity index (χ3v) is 4.76. The summed E-state index contributed by atoms with van der Waals surface area (Å²) in [4.78, 5) is 23.5. The normalized spacial score (nSPS) is 11.9. The van der Waals surface area contributed by atoms with Crippen LogP contribution in [0, 0.1) is 5.92 Å². The summed E-state index contributed by atoms with van der Waals surface area (Å²) in [5.74, 6) is -0.607. The Kier molecular flexibility index (Phi) is 5.19. The van der Waals surface area contributed by atoms with Crippen molar-refractivity contribution in [2.24, 2.45) is 5.92 Å². The van der Waals surface area contributed by atoms with Gasteiger partial charge in [0.2, 0.25) is 10.0 Å². The van der Waals surface area contributed by atoms with Gasteiger partial charge in [-0.1, -0.05) is 26.0 Å². The SMILES string of the molecule is CC(C)C(=O)CC(=O)c1ccc(S(=O)(=O)N(C)C)cc1. The van der Waals surface area contributed by atoms with Gasteiger partial charge in [0.05, 0.1) is 11.3 Å². The average molecular weight is 297 g/mol. The quantitative estimate of drug-likeness (QED) is 0.592. The summed E-state index contributed by atoms with van der Waals surface area (Å²) in [6.07, 6.45) is -0.155. The van der Waals surface area contributed by atoms with Gasteiger partial charge in [-0.05, 0) is 12.1 Å². The minimum absolute atomic E-state index is 0.120. The van der Waals surface area contributed by atoms with E-state index in [9.17, 15) is 18.0 Å². The number of ketones is 2. The van der Waals surface area contributed by atoms with Gasteiger partial charge in [0.1, 0.15) is 5.78 Å². The lowest BCUT2D eigenvalue weighted by atomic mass is 10.00. The third kappa shape index (κ3) is 3.74. The van der Waals surface area contributed by atoms with Gasteiger partial charge in [-0.3, -0.25) is 9.59 Å². The Morgan fingerprint density at radius 1 is 1.10 bits per heavy atom. The molecule has 0 radical (unpaired) electrons. The zero-order valence-electron chi connectivity index (χ0n) is 12.1. The highest BCUT2D eigenvalue weighted by Crippen LogP contribution is 2.15. The Balaban J connectivity index is 2.93. The number of carbonyl (C=O) groups is 2. The molecule has 0 fully saturated rings. The van der Waals surface area contributed by atoms with E-state index in [4.69, 9.17) is 0 Å². The second kappa shape index (κ2) is 6.28. The molecule has 0 saturated heterocycles. The lowest BCUT2D eigenvalue weighted by Crippen LogP contribution is -2.22. The molecular formula is C14H19NO4S. The van der Waals surface area contributed by atoms with Crippen LogP contribution < -0.4 is 0 Å². The molecule has 0 aromatic heterocycles. The van der Waals surface area contributed by atoms with E-state index in [1.807, 2.05) is 0 Å². The van der Waals surface area contributed by atoms with E-state index in [0.717, 1.165) is 4.31 Å². The van der Waals surface area contributed by atoms with Crippen molar-refractivity contribution in [3.05, 3.63) is 29.8 Å². The van der Waals surface area contributed by atoms with Crippen LogP contribution in [0.25, 0.3) is 0 Å². The Hall–Kier alpha value is -1.53. The molecule has 0 aliphatic carbocycles. The van der Waals surface area contributed by atoms with Crippen LogP contribution in [0.5, 0.6) is 0 Å². The molecule has 1 rings (SSSR count). The minimum Gasteiger partial charge on any atom is -0.299 e. The van der Waals surface area contributed by atoms with Crippen molar-refractivity contribution in [1.82, 2.24) is 4.31 Å². The molecule has 0 N–H and O–H groups in total. The van der Waals surface area contributed by atoms with Crippen molar-refractivity contribution in [2.45, 2.75) is 25.2 Å². The van der Waals surface area contributed by atoms with Crippen LogP contribution in [0.3, 0.4) is 0 Å². The molecule has 5 nitrogen and oxygen atoms in total. The fourth-order valence-corrected chi connectivity index (χ4v) is 2.39. The van der Waals surface area contributed by atoms with E-state index < -0.39 is 10.0 Å². The summed E-state index contributed by atoms with van der Waals surface area (Å²) in [5.41, 5.74) is 0.344. The van der Waals surface area contributed by atoms with Crippen molar-refractivity contribution in [1.29, 1.82) is 0 Å². The predicted molar refractivity (Wildman–Crippen MR) is 76.1 cm³/mol. The molecule has 1 aromatic carbocycles. The molecule has 1 aromatic rings. The summed E-state index contributed by atoms with van der Waals surface area (Å²) in [5, 5.41) is 0. The van der Waals surface area contributed by atoms with Gasteiger partial charge in [0.15, 0.2) is 5.78 Å². The fourth-order valence-electron chi connectivity index (χ4n) is 1.49. The number of carbonyl (C=O) groups excluding carboxylic acids is 2. The number of hydrogen-bond acceptors (Lipinski definition) is 4. The molecule has 0 unspecified atom stereocenters. The first-order chi connectivity index (χ1) is 9.16. The van der Waals surface area contributed by atoms with E-state index >= 15 is 0 Å². The number of rotatable bonds is 6. The first kappa shape index (κ1) is 16.5. The molecular weight excluding hydrogens is 278 g/mol. The standard InChI is InChI=1S/C14H19NO4S/c1-10(2)13(16)9-14(17)11-5-7-12(8-6-11)20(18,19)15(3)4/h5-8,10H,9H2,1-4H3. The predicted octanol–water partition coefficient (Wildman–Crippen LogP) is 1.73. The molecule has 0 aliphatic rings. The number of Topliss-reactive ketones (excluding diaryl/α,β-unsaturated/α-hetero) is 2. The summed E-state index contributed by atoms with van der Waals surface area (Å²) in [6.45, 7) is 3.48. The zero-order valence-corrected chi connectivity index (χ0v) is 12.9. The molecule has 0 amide bonds. The van der Waals surface area contributed by atoms with Crippen molar-refractivity contribution in [3.8, 4) is 0 Å². The Morgan fingerprint density at radius 2 is 1.60 bits per heavy atom. The molecule has 0 saturated carbocycles. The van der Waals surface area contributed by atoms with Crippen molar-refractivity contribution < 1.29 is 18.0 Å². The Morgan fingerprint density at radius 3 is 2.00 bits per heavy atom. The Bertz CT molecular complexity index is 601. The van der Waals surface area contributed by atoms with Crippen LogP contribution in [0.4, 0.5) is 0 Å². The molecule has 6 heteroatoms. The minimum atomic E-state index is -3.50. The van der Waals surface area contributed by atoms with Crippen LogP contribution >= 0.6 is 0 Å². The van der Waals surface area contributed by atoms with Crippen LogP contribution in [0.15, 0.2) is 29.2 Å². The van der Waals surface area contributed by atoms with E-state index in [1.54, 1.807) is 13.8 Å². The molecule has 110 valence electrons. The summed E-state index contributed by atoms with van der Waals surface area (Å²) >= 11 is 0. The second-order valence-electron chi connectivity index (χ2n) is 5.03. The van der Waals surface area contributed by atoms with Crippen LogP contribution in [0.1, 0.15) is 30.6 Å². The zero-order chi connectivity index (χ0) is 15.5. The van der Waals surface area contributed by atoms with Crippen LogP contribution in [-0.2, 0) is 14.8 Å². The smallest absolute Gasteiger partial charge is 0.242 e. The second-order valence-corrected chi connectivity index (χ2v) is 7.18. The third-order valence-electron chi connectivity index (χ3n) is 2.93. The lowest BCUT2D eigenvalue weighted by molar-refractivity contribution is -0.121. The van der Waals surface area contributed by atoms with E-state index in [1.165, 1.54) is 38.4 Å². The maximum Gasteiger partial charge on any atom is 0.242 e. The Labute approximate surface area is 119 Å². The average Bonchev–Trinajstić information content (AvgIpc) is 2.38. The lowest BCUT2D eigenvalue weighted by Gasteiger charge is -2.11. The molecule has 0 heterocycles. The van der Waals surface area contributed by atoms with Crippen molar-refractivity contribution in [3.63, 3.8) is 0 Å². The number of sulfonamides is 1. The highest BCUT2D eigenvalue weighted by molar-refractivity contribution is 7.89. The van der Waals surface area contributed by atoms with Gasteiger partial charge in [-0.2, -0.15) is 0 Å². The largest absolute Gasteiger partial charge is 0.299 e. The van der Waals surface area contributed by atoms with Gasteiger partial charge < -0.3 is 0 Å². The summed E-state index contributed by atoms with van der Waals surface area (Å²) in [7, 11) is -0.620. The monoisotopic (exact) mass is 297 g/mol. The van der Waals surface area contributed by atoms with Gasteiger partial charge in [-0.15, -0.1) is 0 Å². The molecule has 0 bridgehead atoms. The molecule has 20 heavy (non-hydrogen) atoms. The van der Waals surface area contributed by atoms with E-state index in [-0.39, 0.29) is 28.8 Å². The first-order valence-corrected chi connectivity index (χ1v) is 7.68. The van der Waals surface area contributed by atoms with E-state index in [2.05, 4.69) is 0 Å². The topological polar surface area (TPSA) is 71.5 Å². The van der Waals surface area contributed by atoms with Gasteiger partial charge >= 0.3 is 0 Å². The van der Waals surface area contributed by atoms with E-state index in [0.29, 0.717) is 5.56 Å². The number of benzene rings is 1. The van der Waals surface area contributed by atoms with Gasteiger partial charge in [-0.25, -0.2) is 12.7 Å². The highest BCUT2D eigenvalue weighted by Gasteiger charge is 2.18.